The summed E-state index contributed by atoms with van der Waals surface area (Å²) in [5.74, 6) is 0.954. The molecular weight excluding hydrogens is 260 g/mol. The van der Waals surface area contributed by atoms with E-state index in [1.54, 1.807) is 0 Å². The van der Waals surface area contributed by atoms with Crippen LogP contribution in [0.15, 0.2) is 30.5 Å². The summed E-state index contributed by atoms with van der Waals surface area (Å²) in [5.41, 5.74) is 6.61. The molecule has 0 unspecified atom stereocenters. The Labute approximate surface area is 127 Å². The van der Waals surface area contributed by atoms with E-state index in [0.29, 0.717) is 0 Å². The molecule has 0 fully saturated rings. The fourth-order valence-corrected chi connectivity index (χ4v) is 2.54. The van der Waals surface area contributed by atoms with Gasteiger partial charge in [-0.05, 0) is 62.1 Å². The minimum atomic E-state index is 0.791. The number of hydrogen-bond donors (Lipinski definition) is 2. The van der Waals surface area contributed by atoms with Gasteiger partial charge in [0.2, 0.25) is 0 Å². The summed E-state index contributed by atoms with van der Waals surface area (Å²) < 4.78 is 0. The molecule has 0 saturated heterocycles. The lowest BCUT2D eigenvalue weighted by atomic mass is 10.1. The van der Waals surface area contributed by atoms with Crippen LogP contribution >= 0.6 is 0 Å². The smallest absolute Gasteiger partial charge is 0.133 e. The van der Waals surface area contributed by atoms with E-state index in [0.717, 1.165) is 48.3 Å². The van der Waals surface area contributed by atoms with Crippen molar-refractivity contribution in [1.82, 2.24) is 9.88 Å². The first-order valence-corrected chi connectivity index (χ1v) is 7.85. The van der Waals surface area contributed by atoms with Crippen LogP contribution < -0.4 is 11.1 Å². The van der Waals surface area contributed by atoms with Gasteiger partial charge >= 0.3 is 0 Å². The van der Waals surface area contributed by atoms with E-state index in [1.165, 1.54) is 13.0 Å². The van der Waals surface area contributed by atoms with Gasteiger partial charge in [-0.2, -0.15) is 0 Å². The molecule has 1 heterocycles. The first-order valence-electron chi connectivity index (χ1n) is 7.85. The lowest BCUT2D eigenvalue weighted by Gasteiger charge is -2.17. The quantitative estimate of drug-likeness (QED) is 0.577. The lowest BCUT2D eigenvalue weighted by molar-refractivity contribution is 0.298. The van der Waals surface area contributed by atoms with Gasteiger partial charge < -0.3 is 16.0 Å². The number of nitrogens with zero attached hydrogens (tertiary/aromatic N) is 2. The predicted molar refractivity (Wildman–Crippen MR) is 91.7 cm³/mol. The van der Waals surface area contributed by atoms with Crippen LogP contribution in [0.5, 0.6) is 0 Å². The second-order valence-electron chi connectivity index (χ2n) is 5.30. The monoisotopic (exact) mass is 286 g/mol. The van der Waals surface area contributed by atoms with Crippen LogP contribution in [-0.2, 0) is 0 Å². The van der Waals surface area contributed by atoms with Crippen molar-refractivity contribution in [2.45, 2.75) is 26.7 Å². The molecule has 2 rings (SSSR count). The summed E-state index contributed by atoms with van der Waals surface area (Å²) in [6, 6.07) is 7.95. The van der Waals surface area contributed by atoms with Crippen LogP contribution in [0.1, 0.15) is 26.7 Å². The molecule has 1 aromatic carbocycles. The van der Waals surface area contributed by atoms with Gasteiger partial charge in [0.15, 0.2) is 0 Å². The summed E-state index contributed by atoms with van der Waals surface area (Å²) >= 11 is 0. The molecule has 0 atom stereocenters. The summed E-state index contributed by atoms with van der Waals surface area (Å²) in [7, 11) is 0. The highest BCUT2D eigenvalue weighted by molar-refractivity contribution is 5.93. The Kier molecular flexibility index (Phi) is 5.81. The molecule has 0 spiro atoms. The second-order valence-corrected chi connectivity index (χ2v) is 5.30. The molecule has 0 saturated carbocycles. The second kappa shape index (κ2) is 7.84. The predicted octanol–water partition coefficient (Wildman–Crippen LogP) is 3.35. The average Bonchev–Trinajstić information content (AvgIpc) is 2.50. The molecule has 114 valence electrons. The van der Waals surface area contributed by atoms with Crippen molar-refractivity contribution < 1.29 is 0 Å². The number of pyridine rings is 1. The number of rotatable bonds is 8. The molecular formula is C17H26N4. The molecule has 0 aliphatic heterocycles. The Morgan fingerprint density at radius 1 is 1.14 bits per heavy atom. The zero-order valence-electron chi connectivity index (χ0n) is 13.1. The molecule has 0 aliphatic carbocycles. The Bertz CT molecular complexity index is 564. The third-order valence-corrected chi connectivity index (χ3v) is 3.88. The molecule has 3 N–H and O–H groups in total. The lowest BCUT2D eigenvalue weighted by Crippen LogP contribution is -2.24. The van der Waals surface area contributed by atoms with Crippen molar-refractivity contribution in [2.24, 2.45) is 0 Å². The zero-order chi connectivity index (χ0) is 15.1. The third kappa shape index (κ3) is 4.33. The number of benzene rings is 1. The van der Waals surface area contributed by atoms with Crippen LogP contribution in [0, 0.1) is 0 Å². The van der Waals surface area contributed by atoms with Crippen LogP contribution in [0.2, 0.25) is 0 Å². The van der Waals surface area contributed by atoms with E-state index in [1.807, 2.05) is 30.5 Å². The van der Waals surface area contributed by atoms with Gasteiger partial charge in [-0.3, -0.25) is 0 Å². The van der Waals surface area contributed by atoms with Gasteiger partial charge in [0.25, 0.3) is 0 Å². The number of nitrogen functional groups attached to an aromatic ring is 1. The Morgan fingerprint density at radius 3 is 2.71 bits per heavy atom. The third-order valence-electron chi connectivity index (χ3n) is 3.88. The molecule has 4 nitrogen and oxygen atoms in total. The number of anilines is 2. The Balaban J connectivity index is 1.86. The van der Waals surface area contributed by atoms with Crippen LogP contribution in [0.3, 0.4) is 0 Å². The molecule has 2 aromatic rings. The van der Waals surface area contributed by atoms with E-state index < -0.39 is 0 Å². The highest BCUT2D eigenvalue weighted by Gasteiger charge is 2.02. The maximum atomic E-state index is 5.82. The van der Waals surface area contributed by atoms with E-state index in [4.69, 9.17) is 5.73 Å². The number of nitrogens with one attached hydrogen (secondary N) is 1. The van der Waals surface area contributed by atoms with E-state index in [2.05, 4.69) is 29.0 Å². The summed E-state index contributed by atoms with van der Waals surface area (Å²) in [6.07, 6.45) is 4.20. The van der Waals surface area contributed by atoms with Crippen molar-refractivity contribution in [2.75, 3.05) is 37.2 Å². The van der Waals surface area contributed by atoms with Crippen molar-refractivity contribution in [3.05, 3.63) is 30.5 Å². The van der Waals surface area contributed by atoms with Gasteiger partial charge in [-0.1, -0.05) is 13.8 Å². The molecule has 0 aliphatic rings. The fraction of sp³-hybridized carbons (Fsp3) is 0.471. The molecule has 1 aromatic heterocycles. The van der Waals surface area contributed by atoms with Crippen LogP contribution in [-0.4, -0.2) is 36.1 Å². The average molecular weight is 286 g/mol. The number of aromatic nitrogens is 1. The largest absolute Gasteiger partial charge is 0.399 e. The normalized spacial score (nSPS) is 11.2. The van der Waals surface area contributed by atoms with Crippen molar-refractivity contribution in [3.63, 3.8) is 0 Å². The summed E-state index contributed by atoms with van der Waals surface area (Å²) in [4.78, 5) is 6.90. The van der Waals surface area contributed by atoms with Gasteiger partial charge in [0.1, 0.15) is 5.82 Å². The SMILES string of the molecule is CCN(CC)CCCCNc1nccc2cc(N)ccc12. The maximum Gasteiger partial charge on any atom is 0.133 e. The number of unbranched alkanes of at least 4 members (excludes halogenated alkanes) is 1. The minimum Gasteiger partial charge on any atom is -0.399 e. The van der Waals surface area contributed by atoms with Gasteiger partial charge in [-0.25, -0.2) is 4.98 Å². The molecule has 0 amide bonds. The first kappa shape index (κ1) is 15.6. The first-order chi connectivity index (χ1) is 10.2. The molecule has 21 heavy (non-hydrogen) atoms. The molecule has 4 heteroatoms. The van der Waals surface area contributed by atoms with Gasteiger partial charge in [0, 0.05) is 23.8 Å². The summed E-state index contributed by atoms with van der Waals surface area (Å²) in [6.45, 7) is 8.83. The molecule has 0 radical (unpaired) electrons. The van der Waals surface area contributed by atoms with E-state index in [-0.39, 0.29) is 0 Å². The zero-order valence-corrected chi connectivity index (χ0v) is 13.1. The van der Waals surface area contributed by atoms with E-state index in [9.17, 15) is 0 Å². The number of hydrogen-bond acceptors (Lipinski definition) is 4. The molecule has 0 bridgehead atoms. The van der Waals surface area contributed by atoms with Crippen molar-refractivity contribution >= 4 is 22.3 Å². The topological polar surface area (TPSA) is 54.2 Å². The minimum absolute atomic E-state index is 0.791. The van der Waals surface area contributed by atoms with Crippen LogP contribution in [0.4, 0.5) is 11.5 Å². The fourth-order valence-electron chi connectivity index (χ4n) is 2.54. The highest BCUT2D eigenvalue weighted by atomic mass is 15.1. The van der Waals surface area contributed by atoms with Crippen LogP contribution in [0.25, 0.3) is 10.8 Å². The number of fused-ring (bicyclic) bond motifs is 1. The standard InChI is InChI=1S/C17H26N4/c1-3-21(4-2)12-6-5-10-19-17-16-8-7-15(18)13-14(16)9-11-20-17/h7-9,11,13H,3-6,10,12,18H2,1-2H3,(H,19,20). The Hall–Kier alpha value is -1.81. The Morgan fingerprint density at radius 2 is 1.95 bits per heavy atom. The summed E-state index contributed by atoms with van der Waals surface area (Å²) in [5, 5.41) is 5.72. The van der Waals surface area contributed by atoms with E-state index >= 15 is 0 Å². The van der Waals surface area contributed by atoms with Gasteiger partial charge in [-0.15, -0.1) is 0 Å². The maximum absolute atomic E-state index is 5.82. The number of nitrogens with two attached hydrogens (primary N) is 1. The highest BCUT2D eigenvalue weighted by Crippen LogP contribution is 2.22. The van der Waals surface area contributed by atoms with Gasteiger partial charge in [0.05, 0.1) is 0 Å². The van der Waals surface area contributed by atoms with Crippen molar-refractivity contribution in [3.8, 4) is 0 Å². The van der Waals surface area contributed by atoms with Crippen molar-refractivity contribution in [1.29, 1.82) is 0 Å².